The van der Waals surface area contributed by atoms with Gasteiger partial charge < -0.3 is 10.2 Å². The van der Waals surface area contributed by atoms with Crippen LogP contribution in [0.5, 0.6) is 0 Å². The van der Waals surface area contributed by atoms with Crippen molar-refractivity contribution in [2.45, 2.75) is 37.5 Å². The second-order valence-electron chi connectivity index (χ2n) is 8.38. The van der Waals surface area contributed by atoms with E-state index in [0.717, 1.165) is 29.8 Å². The van der Waals surface area contributed by atoms with Gasteiger partial charge in [0.25, 0.3) is 0 Å². The van der Waals surface area contributed by atoms with Gasteiger partial charge in [0.2, 0.25) is 21.8 Å². The lowest BCUT2D eigenvalue weighted by Gasteiger charge is -2.32. The second-order valence-corrected chi connectivity index (χ2v) is 10.3. The van der Waals surface area contributed by atoms with Crippen LogP contribution in [0.15, 0.2) is 41.3 Å². The summed E-state index contributed by atoms with van der Waals surface area (Å²) in [6.07, 6.45) is 2.36. The average molecular weight is 478 g/mol. The van der Waals surface area contributed by atoms with Gasteiger partial charge in [-0.1, -0.05) is 0 Å². The first-order chi connectivity index (χ1) is 15.7. The van der Waals surface area contributed by atoms with Crippen LogP contribution in [-0.4, -0.2) is 44.2 Å². The number of nitrogens with one attached hydrogen (secondary N) is 1. The van der Waals surface area contributed by atoms with Gasteiger partial charge in [0.15, 0.2) is 0 Å². The SMILES string of the molecule is CC(=O)N1CCCc2cc(S(=O)(=O)N3CCCC(C(=O)Nc4ccc(F)cc4F)C3)ccc21. The standard InChI is InChI=1S/C23H25F2N3O4S/c1-15(29)28-11-3-4-16-12-19(7-9-22(16)28)33(31,32)27-10-2-5-17(14-27)23(30)26-21-8-6-18(24)13-20(21)25/h6-9,12-13,17H,2-5,10-11,14H2,1H3,(H,26,30). The van der Waals surface area contributed by atoms with Crippen molar-refractivity contribution in [3.05, 3.63) is 53.6 Å². The Morgan fingerprint density at radius 2 is 1.85 bits per heavy atom. The molecule has 2 aliphatic rings. The Morgan fingerprint density at radius 1 is 1.06 bits per heavy atom. The molecule has 0 aromatic heterocycles. The van der Waals surface area contributed by atoms with E-state index in [9.17, 15) is 26.8 Å². The quantitative estimate of drug-likeness (QED) is 0.732. The number of carbonyl (C=O) groups excluding carboxylic acids is 2. The van der Waals surface area contributed by atoms with Crippen LogP contribution in [0.25, 0.3) is 0 Å². The van der Waals surface area contributed by atoms with Crippen molar-refractivity contribution in [2.75, 3.05) is 29.9 Å². The predicted octanol–water partition coefficient (Wildman–Crippen LogP) is 3.30. The van der Waals surface area contributed by atoms with Crippen LogP contribution in [0.1, 0.15) is 31.7 Å². The van der Waals surface area contributed by atoms with Crippen LogP contribution in [0.3, 0.4) is 0 Å². The van der Waals surface area contributed by atoms with Gasteiger partial charge in [-0.3, -0.25) is 9.59 Å². The number of nitrogens with zero attached hydrogens (tertiary/aromatic N) is 2. The van der Waals surface area contributed by atoms with Crippen LogP contribution >= 0.6 is 0 Å². The molecule has 7 nitrogen and oxygen atoms in total. The van der Waals surface area contributed by atoms with E-state index in [-0.39, 0.29) is 29.6 Å². The Morgan fingerprint density at radius 3 is 2.58 bits per heavy atom. The van der Waals surface area contributed by atoms with E-state index < -0.39 is 33.5 Å². The summed E-state index contributed by atoms with van der Waals surface area (Å²) in [5, 5.41) is 2.44. The largest absolute Gasteiger partial charge is 0.323 e. The summed E-state index contributed by atoms with van der Waals surface area (Å²) in [6.45, 7) is 2.32. The lowest BCUT2D eigenvalue weighted by molar-refractivity contribution is -0.121. The molecule has 0 radical (unpaired) electrons. The Labute approximate surface area is 191 Å². The summed E-state index contributed by atoms with van der Waals surface area (Å²) < 4.78 is 54.9. The molecular formula is C23H25F2N3O4S. The molecule has 2 heterocycles. The minimum atomic E-state index is -3.86. The molecular weight excluding hydrogens is 452 g/mol. The van der Waals surface area contributed by atoms with Crippen molar-refractivity contribution in [3.63, 3.8) is 0 Å². The number of anilines is 2. The molecule has 0 saturated carbocycles. The van der Waals surface area contributed by atoms with Crippen LogP contribution in [0.4, 0.5) is 20.2 Å². The van der Waals surface area contributed by atoms with Crippen molar-refractivity contribution in [1.29, 1.82) is 0 Å². The van der Waals surface area contributed by atoms with Gasteiger partial charge in [0.05, 0.1) is 16.5 Å². The summed E-state index contributed by atoms with van der Waals surface area (Å²) in [5.41, 5.74) is 1.38. The molecule has 0 bridgehead atoms. The first kappa shape index (κ1) is 23.3. The molecule has 4 rings (SSSR count). The number of sulfonamides is 1. The minimum absolute atomic E-state index is 0.0341. The lowest BCUT2D eigenvalue weighted by atomic mass is 9.98. The zero-order valence-electron chi connectivity index (χ0n) is 18.2. The summed E-state index contributed by atoms with van der Waals surface area (Å²) in [7, 11) is -3.86. The van der Waals surface area contributed by atoms with E-state index in [4.69, 9.17) is 0 Å². The number of halogens is 2. The van der Waals surface area contributed by atoms with Crippen molar-refractivity contribution < 1.29 is 26.8 Å². The molecule has 1 atom stereocenters. The maximum absolute atomic E-state index is 13.9. The van der Waals surface area contributed by atoms with E-state index >= 15 is 0 Å². The normalized spacial score (nSPS) is 19.1. The third-order valence-electron chi connectivity index (χ3n) is 6.13. The number of piperidine rings is 1. The van der Waals surface area contributed by atoms with E-state index in [1.807, 2.05) is 0 Å². The van der Waals surface area contributed by atoms with Gasteiger partial charge in [-0.05, 0) is 61.6 Å². The minimum Gasteiger partial charge on any atom is -0.323 e. The second kappa shape index (κ2) is 9.18. The molecule has 0 spiro atoms. The number of hydrogen-bond acceptors (Lipinski definition) is 4. The molecule has 2 aromatic rings. The van der Waals surface area contributed by atoms with Crippen molar-refractivity contribution >= 4 is 33.2 Å². The third kappa shape index (κ3) is 4.77. The van der Waals surface area contributed by atoms with E-state index in [1.54, 1.807) is 17.0 Å². The summed E-state index contributed by atoms with van der Waals surface area (Å²) in [5.74, 6) is -2.91. The molecule has 1 fully saturated rings. The zero-order valence-corrected chi connectivity index (χ0v) is 19.0. The first-order valence-electron chi connectivity index (χ1n) is 10.8. The van der Waals surface area contributed by atoms with Crippen LogP contribution < -0.4 is 10.2 Å². The lowest BCUT2D eigenvalue weighted by Crippen LogP contribution is -2.43. The summed E-state index contributed by atoms with van der Waals surface area (Å²) in [6, 6.07) is 7.62. The maximum Gasteiger partial charge on any atom is 0.243 e. The third-order valence-corrected chi connectivity index (χ3v) is 7.99. The van der Waals surface area contributed by atoms with Crippen molar-refractivity contribution in [3.8, 4) is 0 Å². The highest BCUT2D eigenvalue weighted by Crippen LogP contribution is 2.32. The smallest absolute Gasteiger partial charge is 0.243 e. The predicted molar refractivity (Wildman–Crippen MR) is 119 cm³/mol. The zero-order chi connectivity index (χ0) is 23.8. The molecule has 2 aromatic carbocycles. The fourth-order valence-corrected chi connectivity index (χ4v) is 5.99. The van der Waals surface area contributed by atoms with Gasteiger partial charge in [0.1, 0.15) is 11.6 Å². The van der Waals surface area contributed by atoms with Crippen LogP contribution in [0.2, 0.25) is 0 Å². The number of aryl methyl sites for hydroxylation is 1. The molecule has 33 heavy (non-hydrogen) atoms. The maximum atomic E-state index is 13.9. The van der Waals surface area contributed by atoms with E-state index in [2.05, 4.69) is 5.32 Å². The highest BCUT2D eigenvalue weighted by atomic mass is 32.2. The van der Waals surface area contributed by atoms with E-state index in [0.29, 0.717) is 31.9 Å². The summed E-state index contributed by atoms with van der Waals surface area (Å²) in [4.78, 5) is 26.3. The molecule has 2 aliphatic heterocycles. The van der Waals surface area contributed by atoms with Gasteiger partial charge in [0, 0.05) is 38.3 Å². The number of carbonyl (C=O) groups is 2. The van der Waals surface area contributed by atoms with Crippen molar-refractivity contribution in [1.82, 2.24) is 4.31 Å². The summed E-state index contributed by atoms with van der Waals surface area (Å²) >= 11 is 0. The average Bonchev–Trinajstić information content (AvgIpc) is 2.80. The van der Waals surface area contributed by atoms with E-state index in [1.165, 1.54) is 17.3 Å². The molecule has 1 N–H and O–H groups in total. The number of benzene rings is 2. The van der Waals surface area contributed by atoms with Gasteiger partial charge in [-0.15, -0.1) is 0 Å². The van der Waals surface area contributed by atoms with Gasteiger partial charge in [-0.25, -0.2) is 17.2 Å². The molecule has 10 heteroatoms. The Bertz CT molecular complexity index is 1200. The molecule has 2 amide bonds. The Kier molecular flexibility index (Phi) is 6.49. The highest BCUT2D eigenvalue weighted by Gasteiger charge is 2.34. The molecule has 1 unspecified atom stereocenters. The Hall–Kier alpha value is -2.85. The number of amides is 2. The topological polar surface area (TPSA) is 86.8 Å². The Balaban J connectivity index is 1.51. The first-order valence-corrected chi connectivity index (χ1v) is 12.3. The fraction of sp³-hybridized carbons (Fsp3) is 0.391. The van der Waals surface area contributed by atoms with Crippen LogP contribution in [-0.2, 0) is 26.0 Å². The monoisotopic (exact) mass is 477 g/mol. The van der Waals surface area contributed by atoms with Gasteiger partial charge in [-0.2, -0.15) is 4.31 Å². The molecule has 0 aliphatic carbocycles. The van der Waals surface area contributed by atoms with Gasteiger partial charge >= 0.3 is 0 Å². The fourth-order valence-electron chi connectivity index (χ4n) is 4.41. The molecule has 176 valence electrons. The van der Waals surface area contributed by atoms with Crippen molar-refractivity contribution in [2.24, 2.45) is 5.92 Å². The van der Waals surface area contributed by atoms with Crippen LogP contribution in [0, 0.1) is 17.6 Å². The number of rotatable bonds is 4. The molecule has 1 saturated heterocycles. The number of fused-ring (bicyclic) bond motifs is 1. The number of hydrogen-bond donors (Lipinski definition) is 1. The highest BCUT2D eigenvalue weighted by molar-refractivity contribution is 7.89.